The van der Waals surface area contributed by atoms with Crippen LogP contribution in [0.2, 0.25) is 0 Å². The Hall–Kier alpha value is -2.19. The summed E-state index contributed by atoms with van der Waals surface area (Å²) in [6.45, 7) is 3.62. The molecular formula is C16H20N2O5S. The van der Waals surface area contributed by atoms with Crippen molar-refractivity contribution in [3.05, 3.63) is 29.0 Å². The van der Waals surface area contributed by atoms with Gasteiger partial charge in [0.2, 0.25) is 5.91 Å². The fourth-order valence-corrected chi connectivity index (χ4v) is 2.69. The van der Waals surface area contributed by atoms with Crippen LogP contribution in [-0.4, -0.2) is 37.4 Å². The summed E-state index contributed by atoms with van der Waals surface area (Å²) in [5.74, 6) is 0.0911. The van der Waals surface area contributed by atoms with Crippen molar-refractivity contribution in [2.75, 3.05) is 19.5 Å². The topological polar surface area (TPSA) is 86.8 Å². The minimum absolute atomic E-state index is 0.102. The molecule has 1 aliphatic rings. The zero-order valence-corrected chi connectivity index (χ0v) is 14.8. The maximum atomic E-state index is 11.8. The highest BCUT2D eigenvalue weighted by Gasteiger charge is 2.23. The van der Waals surface area contributed by atoms with Crippen LogP contribution in [0.5, 0.6) is 0 Å². The first kappa shape index (κ1) is 18.2. The quantitative estimate of drug-likeness (QED) is 0.819. The Morgan fingerprint density at radius 1 is 1.38 bits per heavy atom. The van der Waals surface area contributed by atoms with E-state index in [2.05, 4.69) is 15.0 Å². The molecule has 7 nitrogen and oxygen atoms in total. The minimum Gasteiger partial charge on any atom is -0.437 e. The lowest BCUT2D eigenvalue weighted by Crippen LogP contribution is -2.18. The van der Waals surface area contributed by atoms with Gasteiger partial charge in [0.25, 0.3) is 0 Å². The molecule has 0 saturated carbocycles. The lowest BCUT2D eigenvalue weighted by molar-refractivity contribution is -0.118. The number of ether oxygens (including phenoxy) is 3. The molecule has 0 spiro atoms. The Bertz CT molecular complexity index is 678. The number of amides is 1. The van der Waals surface area contributed by atoms with Crippen LogP contribution in [0.4, 0.5) is 9.93 Å². The number of hydrogen-bond donors (Lipinski definition) is 1. The molecule has 24 heavy (non-hydrogen) atoms. The monoisotopic (exact) mass is 352 g/mol. The van der Waals surface area contributed by atoms with Crippen LogP contribution in [0, 0.1) is 5.92 Å². The van der Waals surface area contributed by atoms with Crippen molar-refractivity contribution in [3.63, 3.8) is 0 Å². The summed E-state index contributed by atoms with van der Waals surface area (Å²) < 4.78 is 15.0. The van der Waals surface area contributed by atoms with E-state index in [-0.39, 0.29) is 17.9 Å². The molecule has 0 radical (unpaired) electrons. The molecule has 1 aromatic rings. The fourth-order valence-electron chi connectivity index (χ4n) is 1.98. The Kier molecular flexibility index (Phi) is 6.10. The van der Waals surface area contributed by atoms with Crippen LogP contribution in [0.1, 0.15) is 26.0 Å². The van der Waals surface area contributed by atoms with Gasteiger partial charge in [-0.25, -0.2) is 9.78 Å². The zero-order valence-electron chi connectivity index (χ0n) is 14.0. The first-order valence-electron chi connectivity index (χ1n) is 7.42. The first-order chi connectivity index (χ1) is 11.4. The van der Waals surface area contributed by atoms with Crippen molar-refractivity contribution in [1.29, 1.82) is 0 Å². The van der Waals surface area contributed by atoms with E-state index in [9.17, 15) is 9.59 Å². The Labute approximate surface area is 144 Å². The van der Waals surface area contributed by atoms with Gasteiger partial charge in [-0.1, -0.05) is 19.9 Å². The second kappa shape index (κ2) is 8.07. The lowest BCUT2D eigenvalue weighted by atomic mass is 10.0. The molecule has 1 aliphatic carbocycles. The Balaban J connectivity index is 2.21. The van der Waals surface area contributed by atoms with Gasteiger partial charge < -0.3 is 19.5 Å². The molecule has 1 unspecified atom stereocenters. The van der Waals surface area contributed by atoms with Gasteiger partial charge in [0.05, 0.1) is 18.9 Å². The number of carbonyl (C=O) groups is 2. The van der Waals surface area contributed by atoms with Crippen molar-refractivity contribution in [3.8, 4) is 0 Å². The number of hydrogen-bond acceptors (Lipinski definition) is 7. The third-order valence-electron chi connectivity index (χ3n) is 3.35. The Morgan fingerprint density at radius 2 is 2.12 bits per heavy atom. The van der Waals surface area contributed by atoms with E-state index in [1.165, 1.54) is 18.4 Å². The normalized spacial score (nSPS) is 17.1. The average Bonchev–Trinajstić information content (AvgIpc) is 3.02. The summed E-state index contributed by atoms with van der Waals surface area (Å²) in [5, 5.41) is 5.04. The second-order valence-electron chi connectivity index (χ2n) is 5.40. The van der Waals surface area contributed by atoms with Crippen molar-refractivity contribution in [1.82, 2.24) is 4.98 Å². The van der Waals surface area contributed by atoms with Crippen molar-refractivity contribution in [2.45, 2.75) is 26.4 Å². The molecule has 0 aliphatic heterocycles. The van der Waals surface area contributed by atoms with E-state index in [4.69, 9.17) is 9.47 Å². The largest absolute Gasteiger partial charge is 0.513 e. The predicted molar refractivity (Wildman–Crippen MR) is 90.5 cm³/mol. The fraction of sp³-hybridized carbons (Fsp3) is 0.438. The minimum atomic E-state index is -0.813. The number of methoxy groups -OCH3 is 2. The van der Waals surface area contributed by atoms with Crippen LogP contribution < -0.4 is 5.32 Å². The number of carbonyl (C=O) groups excluding carboxylic acids is 2. The number of nitrogens with zero attached hydrogens (tertiary/aromatic N) is 1. The molecule has 0 aromatic carbocycles. The van der Waals surface area contributed by atoms with E-state index in [1.807, 2.05) is 19.9 Å². The molecule has 1 aromatic heterocycles. The second-order valence-corrected chi connectivity index (χ2v) is 6.25. The van der Waals surface area contributed by atoms with Gasteiger partial charge in [0.15, 0.2) is 5.13 Å². The van der Waals surface area contributed by atoms with Crippen LogP contribution in [0.25, 0.3) is 5.57 Å². The molecular weight excluding hydrogens is 332 g/mol. The highest BCUT2D eigenvalue weighted by molar-refractivity contribution is 7.14. The zero-order chi connectivity index (χ0) is 17.7. The molecule has 2 rings (SSSR count). The van der Waals surface area contributed by atoms with Crippen LogP contribution in [0.3, 0.4) is 0 Å². The molecule has 8 heteroatoms. The number of allylic oxidation sites excluding steroid dienone is 1. The lowest BCUT2D eigenvalue weighted by Gasteiger charge is -2.19. The third kappa shape index (κ3) is 4.42. The Morgan fingerprint density at radius 3 is 2.75 bits per heavy atom. The van der Waals surface area contributed by atoms with Crippen LogP contribution >= 0.6 is 11.3 Å². The molecule has 1 N–H and O–H groups in total. The summed E-state index contributed by atoms with van der Waals surface area (Å²) in [6, 6.07) is 0. The molecule has 130 valence electrons. The van der Waals surface area contributed by atoms with Crippen molar-refractivity contribution < 1.29 is 23.8 Å². The van der Waals surface area contributed by atoms with Gasteiger partial charge in [-0.2, -0.15) is 0 Å². The van der Waals surface area contributed by atoms with Gasteiger partial charge in [-0.15, -0.1) is 11.3 Å². The highest BCUT2D eigenvalue weighted by atomic mass is 32.1. The summed E-state index contributed by atoms with van der Waals surface area (Å²) in [4.78, 5) is 27.6. The van der Waals surface area contributed by atoms with E-state index in [1.54, 1.807) is 18.6 Å². The number of aromatic nitrogens is 1. The summed E-state index contributed by atoms with van der Waals surface area (Å²) in [6.07, 6.45) is 3.22. The van der Waals surface area contributed by atoms with Crippen LogP contribution in [-0.2, 0) is 19.0 Å². The molecule has 1 heterocycles. The molecule has 1 atom stereocenters. The average molecular weight is 352 g/mol. The number of rotatable bonds is 5. The summed E-state index contributed by atoms with van der Waals surface area (Å²) in [5.41, 5.74) is 1.28. The molecule has 1 amide bonds. The van der Waals surface area contributed by atoms with Crippen molar-refractivity contribution >= 4 is 34.1 Å². The van der Waals surface area contributed by atoms with E-state index < -0.39 is 6.16 Å². The highest BCUT2D eigenvalue weighted by Crippen LogP contribution is 2.32. The van der Waals surface area contributed by atoms with E-state index in [0.29, 0.717) is 28.6 Å². The molecule has 0 bridgehead atoms. The maximum absolute atomic E-state index is 11.8. The number of anilines is 1. The third-order valence-corrected chi connectivity index (χ3v) is 4.11. The van der Waals surface area contributed by atoms with Gasteiger partial charge in [0.1, 0.15) is 5.76 Å². The number of nitrogens with one attached hydrogen (secondary N) is 1. The van der Waals surface area contributed by atoms with Gasteiger partial charge in [-0.05, 0) is 12.5 Å². The van der Waals surface area contributed by atoms with E-state index >= 15 is 0 Å². The maximum Gasteiger partial charge on any atom is 0.513 e. The standard InChI is InChI=1S/C16H20N2O5S/c1-9(2)14(19)18-15-17-12(8-24-15)11-6-5-10(21-3)7-13(11)23-16(20)22-4/h6-10H,5H2,1-4H3,(H,17,18,19). The summed E-state index contributed by atoms with van der Waals surface area (Å²) in [7, 11) is 2.82. The predicted octanol–water partition coefficient (Wildman–Crippen LogP) is 3.21. The van der Waals surface area contributed by atoms with Gasteiger partial charge in [0, 0.05) is 24.0 Å². The first-order valence-corrected chi connectivity index (χ1v) is 8.30. The molecule has 0 saturated heterocycles. The van der Waals surface area contributed by atoms with Gasteiger partial charge >= 0.3 is 6.16 Å². The summed E-state index contributed by atoms with van der Waals surface area (Å²) >= 11 is 1.31. The molecule has 0 fully saturated rings. The van der Waals surface area contributed by atoms with E-state index in [0.717, 1.165) is 0 Å². The van der Waals surface area contributed by atoms with Crippen LogP contribution in [0.15, 0.2) is 23.3 Å². The number of thiazole rings is 1. The SMILES string of the molecule is COC(=O)OC1=CC(OC)CC=C1c1csc(NC(=O)C(C)C)n1. The van der Waals surface area contributed by atoms with Gasteiger partial charge in [-0.3, -0.25) is 4.79 Å². The smallest absolute Gasteiger partial charge is 0.437 e. The van der Waals surface area contributed by atoms with Crippen molar-refractivity contribution in [2.24, 2.45) is 5.92 Å².